The maximum absolute atomic E-state index is 11.0. The van der Waals surface area contributed by atoms with Crippen molar-refractivity contribution in [2.45, 2.75) is 20.0 Å². The highest BCUT2D eigenvalue weighted by molar-refractivity contribution is 5.81. The fraction of sp³-hybridized carbons (Fsp3) is 0.308. The van der Waals surface area contributed by atoms with Crippen molar-refractivity contribution in [3.8, 4) is 11.5 Å². The number of phenols is 1. The summed E-state index contributed by atoms with van der Waals surface area (Å²) in [5.41, 5.74) is 0. The molecule has 1 N–H and O–H groups in total. The van der Waals surface area contributed by atoms with E-state index in [1.807, 2.05) is 6.92 Å². The molecule has 0 aliphatic rings. The van der Waals surface area contributed by atoms with Gasteiger partial charge in [0.15, 0.2) is 0 Å². The molecule has 0 saturated heterocycles. The second kappa shape index (κ2) is 6.58. The van der Waals surface area contributed by atoms with Crippen LogP contribution in [0.15, 0.2) is 36.4 Å². The van der Waals surface area contributed by atoms with Crippen LogP contribution in [-0.4, -0.2) is 23.8 Å². The highest BCUT2D eigenvalue weighted by atomic mass is 16.5. The lowest BCUT2D eigenvalue weighted by atomic mass is 10.3. The quantitative estimate of drug-likeness (QED) is 0.629. The standard InChI is InChI=1S/C13H16O4/c1-3-16-13(15)9-4-10(2)17-12-7-5-11(14)6-8-12/h4-10,14H,3H2,1-2H3/b9-4+. The third-order valence-corrected chi connectivity index (χ3v) is 1.95. The Morgan fingerprint density at radius 1 is 1.41 bits per heavy atom. The van der Waals surface area contributed by atoms with Crippen LogP contribution in [0.4, 0.5) is 0 Å². The second-order valence-corrected chi connectivity index (χ2v) is 3.43. The molecule has 0 fully saturated rings. The molecule has 92 valence electrons. The van der Waals surface area contributed by atoms with Crippen molar-refractivity contribution >= 4 is 5.97 Å². The van der Waals surface area contributed by atoms with Crippen LogP contribution in [0, 0.1) is 0 Å². The average molecular weight is 236 g/mol. The molecule has 17 heavy (non-hydrogen) atoms. The van der Waals surface area contributed by atoms with Gasteiger partial charge in [-0.3, -0.25) is 0 Å². The molecule has 1 aromatic rings. The maximum Gasteiger partial charge on any atom is 0.330 e. The van der Waals surface area contributed by atoms with Gasteiger partial charge in [0.05, 0.1) is 6.61 Å². The van der Waals surface area contributed by atoms with Crippen molar-refractivity contribution in [1.29, 1.82) is 0 Å². The number of hydrogen-bond acceptors (Lipinski definition) is 4. The molecule has 0 aromatic heterocycles. The molecule has 0 spiro atoms. The number of carbonyl (C=O) groups excluding carboxylic acids is 1. The van der Waals surface area contributed by atoms with Gasteiger partial charge in [0.2, 0.25) is 0 Å². The van der Waals surface area contributed by atoms with E-state index in [2.05, 4.69) is 0 Å². The Morgan fingerprint density at radius 3 is 2.65 bits per heavy atom. The van der Waals surface area contributed by atoms with E-state index < -0.39 is 0 Å². The maximum atomic E-state index is 11.0. The predicted molar refractivity (Wildman–Crippen MR) is 64.0 cm³/mol. The van der Waals surface area contributed by atoms with Gasteiger partial charge < -0.3 is 14.6 Å². The molecule has 0 aliphatic heterocycles. The molecule has 0 amide bonds. The van der Waals surface area contributed by atoms with Crippen molar-refractivity contribution in [1.82, 2.24) is 0 Å². The van der Waals surface area contributed by atoms with Gasteiger partial charge in [0.25, 0.3) is 0 Å². The number of ether oxygens (including phenoxy) is 2. The molecule has 4 nitrogen and oxygen atoms in total. The van der Waals surface area contributed by atoms with Gasteiger partial charge in [0, 0.05) is 6.08 Å². The Morgan fingerprint density at radius 2 is 2.06 bits per heavy atom. The van der Waals surface area contributed by atoms with Gasteiger partial charge in [-0.2, -0.15) is 0 Å². The lowest BCUT2D eigenvalue weighted by Gasteiger charge is -2.10. The molecule has 1 rings (SSSR count). The second-order valence-electron chi connectivity index (χ2n) is 3.43. The van der Waals surface area contributed by atoms with Gasteiger partial charge >= 0.3 is 5.97 Å². The minimum absolute atomic E-state index is 0.187. The summed E-state index contributed by atoms with van der Waals surface area (Å²) in [6.07, 6.45) is 2.71. The van der Waals surface area contributed by atoms with E-state index in [-0.39, 0.29) is 17.8 Å². The summed E-state index contributed by atoms with van der Waals surface area (Å²) in [4.78, 5) is 11.0. The van der Waals surface area contributed by atoms with E-state index in [4.69, 9.17) is 14.6 Å². The Balaban J connectivity index is 2.46. The van der Waals surface area contributed by atoms with Crippen molar-refractivity contribution in [2.24, 2.45) is 0 Å². The van der Waals surface area contributed by atoms with Gasteiger partial charge in [-0.15, -0.1) is 0 Å². The van der Waals surface area contributed by atoms with Gasteiger partial charge in [-0.1, -0.05) is 0 Å². The molecule has 0 aliphatic carbocycles. The molecule has 1 aromatic carbocycles. The summed E-state index contributed by atoms with van der Waals surface area (Å²) >= 11 is 0. The monoisotopic (exact) mass is 236 g/mol. The molecule has 4 heteroatoms. The number of aromatic hydroxyl groups is 1. The van der Waals surface area contributed by atoms with Crippen LogP contribution in [0.1, 0.15) is 13.8 Å². The number of rotatable bonds is 5. The van der Waals surface area contributed by atoms with Crippen LogP contribution in [0.3, 0.4) is 0 Å². The molecular weight excluding hydrogens is 220 g/mol. The van der Waals surface area contributed by atoms with Crippen molar-refractivity contribution < 1.29 is 19.4 Å². The first-order valence-corrected chi connectivity index (χ1v) is 5.42. The summed E-state index contributed by atoms with van der Waals surface area (Å²) in [5, 5.41) is 9.10. The van der Waals surface area contributed by atoms with E-state index >= 15 is 0 Å². The van der Waals surface area contributed by atoms with E-state index in [0.29, 0.717) is 12.4 Å². The topological polar surface area (TPSA) is 55.8 Å². The van der Waals surface area contributed by atoms with E-state index in [9.17, 15) is 4.79 Å². The first-order valence-electron chi connectivity index (χ1n) is 5.42. The van der Waals surface area contributed by atoms with E-state index in [1.165, 1.54) is 18.2 Å². The number of carbonyl (C=O) groups is 1. The zero-order valence-corrected chi connectivity index (χ0v) is 9.92. The highest BCUT2D eigenvalue weighted by Gasteiger charge is 2.01. The first-order chi connectivity index (χ1) is 8.11. The largest absolute Gasteiger partial charge is 0.508 e. The molecule has 0 bridgehead atoms. The number of benzene rings is 1. The van der Waals surface area contributed by atoms with E-state index in [0.717, 1.165) is 0 Å². The smallest absolute Gasteiger partial charge is 0.330 e. The zero-order valence-electron chi connectivity index (χ0n) is 9.92. The Labute approximate surface area is 100 Å². The molecule has 1 atom stereocenters. The van der Waals surface area contributed by atoms with Crippen molar-refractivity contribution in [2.75, 3.05) is 6.61 Å². The minimum Gasteiger partial charge on any atom is -0.508 e. The normalized spacial score (nSPS) is 12.4. The van der Waals surface area contributed by atoms with Gasteiger partial charge in [-0.05, 0) is 44.2 Å². The SMILES string of the molecule is CCOC(=O)/C=C/C(C)Oc1ccc(O)cc1. The Hall–Kier alpha value is -1.97. The number of esters is 1. The average Bonchev–Trinajstić information content (AvgIpc) is 2.30. The van der Waals surface area contributed by atoms with Crippen LogP contribution < -0.4 is 4.74 Å². The summed E-state index contributed by atoms with van der Waals surface area (Å²) in [7, 11) is 0. The number of hydrogen-bond donors (Lipinski definition) is 1. The third-order valence-electron chi connectivity index (χ3n) is 1.95. The van der Waals surface area contributed by atoms with Crippen LogP contribution in [0.5, 0.6) is 11.5 Å². The molecule has 0 saturated carbocycles. The summed E-state index contributed by atoms with van der Waals surface area (Å²) < 4.78 is 10.2. The Kier molecular flexibility index (Phi) is 5.07. The predicted octanol–water partition coefficient (Wildman–Crippen LogP) is 2.28. The summed E-state index contributed by atoms with van der Waals surface area (Å²) in [5.74, 6) is 0.435. The van der Waals surface area contributed by atoms with E-state index in [1.54, 1.807) is 25.1 Å². The van der Waals surface area contributed by atoms with Gasteiger partial charge in [0.1, 0.15) is 17.6 Å². The van der Waals surface area contributed by atoms with Gasteiger partial charge in [-0.25, -0.2) is 4.79 Å². The molecule has 0 heterocycles. The minimum atomic E-state index is -0.381. The van der Waals surface area contributed by atoms with Crippen molar-refractivity contribution in [3.05, 3.63) is 36.4 Å². The van der Waals surface area contributed by atoms with Crippen molar-refractivity contribution in [3.63, 3.8) is 0 Å². The summed E-state index contributed by atoms with van der Waals surface area (Å²) in [6.45, 7) is 3.92. The fourth-order valence-electron chi connectivity index (χ4n) is 1.18. The van der Waals surface area contributed by atoms with Crippen LogP contribution in [-0.2, 0) is 9.53 Å². The molecule has 1 unspecified atom stereocenters. The van der Waals surface area contributed by atoms with Crippen LogP contribution in [0.25, 0.3) is 0 Å². The molecule has 0 radical (unpaired) electrons. The first kappa shape index (κ1) is 13.1. The summed E-state index contributed by atoms with van der Waals surface area (Å²) in [6, 6.07) is 6.39. The van der Waals surface area contributed by atoms with Crippen LogP contribution >= 0.6 is 0 Å². The highest BCUT2D eigenvalue weighted by Crippen LogP contribution is 2.17. The lowest BCUT2D eigenvalue weighted by molar-refractivity contribution is -0.137. The fourth-order valence-corrected chi connectivity index (χ4v) is 1.18. The molecular formula is C13H16O4. The lowest BCUT2D eigenvalue weighted by Crippen LogP contribution is -2.09. The third kappa shape index (κ3) is 5.06. The number of phenolic OH excluding ortho intramolecular Hbond substituents is 1. The van der Waals surface area contributed by atoms with Crippen LogP contribution in [0.2, 0.25) is 0 Å². The zero-order chi connectivity index (χ0) is 12.7. The Bertz CT molecular complexity index is 381.